The monoisotopic (exact) mass is 191 g/mol. The Bertz CT molecular complexity index is 282. The normalized spacial score (nSPS) is 13.2. The molecule has 68 valence electrons. The van der Waals surface area contributed by atoms with E-state index < -0.39 is 6.10 Å². The zero-order chi connectivity index (χ0) is 8.97. The van der Waals surface area contributed by atoms with Crippen molar-refractivity contribution in [2.75, 3.05) is 6.54 Å². The number of halogens is 1. The molecule has 1 heterocycles. The highest BCUT2D eigenvalue weighted by Gasteiger charge is 2.05. The van der Waals surface area contributed by atoms with Gasteiger partial charge in [0.15, 0.2) is 0 Å². The first-order valence-corrected chi connectivity index (χ1v) is 3.88. The Morgan fingerprint density at radius 3 is 3.00 bits per heavy atom. The van der Waals surface area contributed by atoms with Crippen LogP contribution in [0.1, 0.15) is 5.69 Å². The number of hydrogen-bond donors (Lipinski definition) is 4. The summed E-state index contributed by atoms with van der Waals surface area (Å²) in [6.45, 7) is 0.286. The fraction of sp³-hybridized carbons (Fsp3) is 0.500. The molecular weight excluding hydrogens is 182 g/mol. The number of rotatable bonds is 4. The highest BCUT2D eigenvalue weighted by molar-refractivity contribution is 6.13. The molecule has 1 aromatic heterocycles. The SMILES string of the molecule is O=c1[nH]cc(CC(O)CNCl)[nH]1. The second-order valence-corrected chi connectivity index (χ2v) is 2.73. The maximum atomic E-state index is 10.6. The number of aliphatic hydroxyl groups excluding tert-OH is 1. The molecule has 12 heavy (non-hydrogen) atoms. The zero-order valence-corrected chi connectivity index (χ0v) is 7.06. The van der Waals surface area contributed by atoms with E-state index in [1.54, 1.807) is 0 Å². The Labute approximate surface area is 73.9 Å². The summed E-state index contributed by atoms with van der Waals surface area (Å²) >= 11 is 5.18. The van der Waals surface area contributed by atoms with E-state index in [-0.39, 0.29) is 12.2 Å². The van der Waals surface area contributed by atoms with Gasteiger partial charge < -0.3 is 15.1 Å². The molecule has 1 rings (SSSR count). The maximum Gasteiger partial charge on any atom is 0.323 e. The number of aromatic amines is 2. The van der Waals surface area contributed by atoms with Crippen molar-refractivity contribution in [2.45, 2.75) is 12.5 Å². The van der Waals surface area contributed by atoms with Crippen LogP contribution in [-0.4, -0.2) is 27.7 Å². The van der Waals surface area contributed by atoms with Gasteiger partial charge in [0, 0.05) is 24.9 Å². The summed E-state index contributed by atoms with van der Waals surface area (Å²) in [6.07, 6.45) is 1.31. The Morgan fingerprint density at radius 1 is 1.75 bits per heavy atom. The Hall–Kier alpha value is -0.780. The molecule has 1 aromatic rings. The van der Waals surface area contributed by atoms with E-state index in [2.05, 4.69) is 14.8 Å². The van der Waals surface area contributed by atoms with Gasteiger partial charge in [-0.25, -0.2) is 9.63 Å². The van der Waals surface area contributed by atoms with Crippen molar-refractivity contribution in [3.05, 3.63) is 22.4 Å². The van der Waals surface area contributed by atoms with E-state index >= 15 is 0 Å². The molecule has 1 atom stereocenters. The molecule has 0 radical (unpaired) electrons. The topological polar surface area (TPSA) is 80.9 Å². The van der Waals surface area contributed by atoms with Crippen molar-refractivity contribution < 1.29 is 5.11 Å². The molecule has 6 heteroatoms. The van der Waals surface area contributed by atoms with E-state index in [9.17, 15) is 9.90 Å². The van der Waals surface area contributed by atoms with E-state index in [1.165, 1.54) is 6.20 Å². The molecular formula is C6H10ClN3O2. The maximum absolute atomic E-state index is 10.6. The van der Waals surface area contributed by atoms with Gasteiger partial charge in [-0.15, -0.1) is 0 Å². The van der Waals surface area contributed by atoms with Gasteiger partial charge in [0.2, 0.25) is 0 Å². The second-order valence-electron chi connectivity index (χ2n) is 2.46. The van der Waals surface area contributed by atoms with Crippen LogP contribution in [0.4, 0.5) is 0 Å². The fourth-order valence-corrected chi connectivity index (χ4v) is 1.07. The van der Waals surface area contributed by atoms with Crippen molar-refractivity contribution in [3.8, 4) is 0 Å². The number of hydrogen-bond acceptors (Lipinski definition) is 3. The van der Waals surface area contributed by atoms with Gasteiger partial charge in [-0.2, -0.15) is 0 Å². The van der Waals surface area contributed by atoms with Gasteiger partial charge in [0.1, 0.15) is 0 Å². The third-order valence-electron chi connectivity index (χ3n) is 1.42. The van der Waals surface area contributed by atoms with Crippen LogP contribution in [0.3, 0.4) is 0 Å². The molecule has 0 aromatic carbocycles. The van der Waals surface area contributed by atoms with Crippen LogP contribution in [-0.2, 0) is 6.42 Å². The van der Waals surface area contributed by atoms with Gasteiger partial charge in [-0.3, -0.25) is 0 Å². The summed E-state index contributed by atoms with van der Waals surface area (Å²) in [4.78, 5) is 17.9. The predicted octanol–water partition coefficient (Wildman–Crippen LogP) is -0.650. The molecule has 0 amide bonds. The lowest BCUT2D eigenvalue weighted by Crippen LogP contribution is -2.22. The van der Waals surface area contributed by atoms with Crippen molar-refractivity contribution in [2.24, 2.45) is 0 Å². The molecule has 5 nitrogen and oxygen atoms in total. The van der Waals surface area contributed by atoms with Gasteiger partial charge >= 0.3 is 5.69 Å². The lowest BCUT2D eigenvalue weighted by Gasteiger charge is -2.05. The highest BCUT2D eigenvalue weighted by atomic mass is 35.5. The Kier molecular flexibility index (Phi) is 3.33. The molecule has 0 aliphatic carbocycles. The van der Waals surface area contributed by atoms with Gasteiger partial charge in [0.25, 0.3) is 0 Å². The van der Waals surface area contributed by atoms with Crippen molar-refractivity contribution in [1.82, 2.24) is 14.8 Å². The first kappa shape index (κ1) is 9.31. The summed E-state index contributed by atoms with van der Waals surface area (Å²) in [5.41, 5.74) is 0.399. The summed E-state index contributed by atoms with van der Waals surface area (Å²) in [5, 5.41) is 9.23. The fourth-order valence-electron chi connectivity index (χ4n) is 0.896. The lowest BCUT2D eigenvalue weighted by atomic mass is 10.2. The summed E-state index contributed by atoms with van der Waals surface area (Å²) in [6, 6.07) is 0. The number of aromatic nitrogens is 2. The average Bonchev–Trinajstić information content (AvgIpc) is 2.36. The van der Waals surface area contributed by atoms with E-state index in [1.807, 2.05) is 0 Å². The minimum atomic E-state index is -0.589. The summed E-state index contributed by atoms with van der Waals surface area (Å²) in [5.74, 6) is 0. The second kappa shape index (κ2) is 4.30. The van der Waals surface area contributed by atoms with Crippen molar-refractivity contribution in [3.63, 3.8) is 0 Å². The van der Waals surface area contributed by atoms with Crippen LogP contribution in [0.5, 0.6) is 0 Å². The first-order chi connectivity index (χ1) is 5.72. The van der Waals surface area contributed by atoms with Crippen LogP contribution in [0.2, 0.25) is 0 Å². The molecule has 0 aliphatic heterocycles. The molecule has 0 saturated heterocycles. The zero-order valence-electron chi connectivity index (χ0n) is 6.30. The van der Waals surface area contributed by atoms with Crippen LogP contribution in [0, 0.1) is 0 Å². The average molecular weight is 192 g/mol. The third-order valence-corrected chi connectivity index (χ3v) is 1.57. The molecule has 0 fully saturated rings. The van der Waals surface area contributed by atoms with Crippen LogP contribution in [0.15, 0.2) is 11.0 Å². The number of imidazole rings is 1. The number of H-pyrrole nitrogens is 2. The van der Waals surface area contributed by atoms with Gasteiger partial charge in [0.05, 0.1) is 6.10 Å². The number of nitrogens with one attached hydrogen (secondary N) is 3. The Balaban J connectivity index is 2.46. The molecule has 0 spiro atoms. The predicted molar refractivity (Wildman–Crippen MR) is 45.0 cm³/mol. The third kappa shape index (κ3) is 2.69. The minimum absolute atomic E-state index is 0.268. The van der Waals surface area contributed by atoms with Crippen molar-refractivity contribution in [1.29, 1.82) is 0 Å². The van der Waals surface area contributed by atoms with Crippen LogP contribution in [0.25, 0.3) is 0 Å². The van der Waals surface area contributed by atoms with E-state index in [4.69, 9.17) is 11.8 Å². The van der Waals surface area contributed by atoms with E-state index in [0.717, 1.165) is 0 Å². The summed E-state index contributed by atoms with van der Waals surface area (Å²) in [7, 11) is 0. The standard InChI is InChI=1S/C6H10ClN3O2/c7-9-3-5(11)1-4-2-8-6(12)10-4/h2,5,9,11H,1,3H2,(H2,8,10,12). The van der Waals surface area contributed by atoms with E-state index in [0.29, 0.717) is 12.1 Å². The molecule has 1 unspecified atom stereocenters. The molecule has 0 bridgehead atoms. The Morgan fingerprint density at radius 2 is 2.50 bits per heavy atom. The molecule has 0 aliphatic rings. The summed E-state index contributed by atoms with van der Waals surface area (Å²) < 4.78 is 0. The first-order valence-electron chi connectivity index (χ1n) is 3.50. The molecule has 0 saturated carbocycles. The smallest absolute Gasteiger partial charge is 0.323 e. The van der Waals surface area contributed by atoms with Crippen molar-refractivity contribution >= 4 is 11.8 Å². The quantitative estimate of drug-likeness (QED) is 0.478. The highest BCUT2D eigenvalue weighted by Crippen LogP contribution is 1.95. The van der Waals surface area contributed by atoms with Gasteiger partial charge in [-0.1, -0.05) is 0 Å². The van der Waals surface area contributed by atoms with Crippen LogP contribution < -0.4 is 10.5 Å². The minimum Gasteiger partial charge on any atom is -0.391 e. The molecule has 4 N–H and O–H groups in total. The lowest BCUT2D eigenvalue weighted by molar-refractivity contribution is 0.178. The number of aliphatic hydroxyl groups is 1. The van der Waals surface area contributed by atoms with Crippen LogP contribution >= 0.6 is 11.8 Å². The largest absolute Gasteiger partial charge is 0.391 e. The van der Waals surface area contributed by atoms with Gasteiger partial charge in [-0.05, 0) is 11.8 Å².